The molecule has 0 aromatic heterocycles. The van der Waals surface area contributed by atoms with Crippen LogP contribution in [0.4, 0.5) is 8.78 Å². The molecule has 0 amide bonds. The van der Waals surface area contributed by atoms with Crippen molar-refractivity contribution in [2.75, 3.05) is 20.1 Å². The average Bonchev–Trinajstić information content (AvgIpc) is 2.62. The third-order valence-corrected chi connectivity index (χ3v) is 5.10. The number of piperidine rings is 1. The third kappa shape index (κ3) is 4.61. The molecule has 3 rings (SSSR count). The van der Waals surface area contributed by atoms with Crippen LogP contribution in [0.5, 0.6) is 0 Å². The molecule has 1 saturated heterocycles. The summed E-state index contributed by atoms with van der Waals surface area (Å²) in [6.07, 6.45) is 2.04. The number of nitrogens with zero attached hydrogens (tertiary/aromatic N) is 1. The van der Waals surface area contributed by atoms with Gasteiger partial charge in [-0.1, -0.05) is 18.7 Å². The Hall–Kier alpha value is -2.53. The van der Waals surface area contributed by atoms with Crippen LogP contribution >= 0.6 is 0 Å². The molecule has 142 valence electrons. The number of aryl methyl sites for hydroxylation is 1. The molecule has 2 aromatic rings. The lowest BCUT2D eigenvalue weighted by atomic mass is 9.95. The predicted molar refractivity (Wildman–Crippen MR) is 106 cm³/mol. The summed E-state index contributed by atoms with van der Waals surface area (Å²) in [5.74, 6) is -1.23. The smallest absolute Gasteiger partial charge is 0.126 e. The first-order valence-electron chi connectivity index (χ1n) is 9.14. The number of benzene rings is 2. The molecule has 5 heteroatoms. The highest BCUT2D eigenvalue weighted by atomic mass is 19.1. The van der Waals surface area contributed by atoms with E-state index in [4.69, 9.17) is 5.41 Å². The van der Waals surface area contributed by atoms with E-state index in [0.29, 0.717) is 34.1 Å². The quantitative estimate of drug-likeness (QED) is 0.762. The van der Waals surface area contributed by atoms with E-state index in [2.05, 4.69) is 23.8 Å². The minimum absolute atomic E-state index is 0.310. The molecule has 0 spiro atoms. The zero-order chi connectivity index (χ0) is 19.6. The maximum Gasteiger partial charge on any atom is 0.126 e. The largest absolute Gasteiger partial charge is 0.381 e. The zero-order valence-electron chi connectivity index (χ0n) is 15.8. The molecule has 1 heterocycles. The monoisotopic (exact) mass is 369 g/mol. The van der Waals surface area contributed by atoms with Crippen molar-refractivity contribution in [3.63, 3.8) is 0 Å². The predicted octanol–water partition coefficient (Wildman–Crippen LogP) is 4.51. The van der Waals surface area contributed by atoms with Gasteiger partial charge in [-0.15, -0.1) is 0 Å². The van der Waals surface area contributed by atoms with Crippen molar-refractivity contribution in [3.05, 3.63) is 71.4 Å². The molecule has 0 bridgehead atoms. The minimum Gasteiger partial charge on any atom is -0.381 e. The summed E-state index contributed by atoms with van der Waals surface area (Å²) in [4.78, 5) is 2.29. The first-order chi connectivity index (χ1) is 12.8. The number of likely N-dealkylation sites (tertiary alicyclic amines) is 1. The van der Waals surface area contributed by atoms with Crippen molar-refractivity contribution in [1.82, 2.24) is 10.2 Å². The van der Waals surface area contributed by atoms with Crippen LogP contribution in [0.25, 0.3) is 11.1 Å². The van der Waals surface area contributed by atoms with Crippen LogP contribution in [0.1, 0.15) is 24.0 Å². The van der Waals surface area contributed by atoms with Gasteiger partial charge in [0.05, 0.1) is 11.4 Å². The lowest BCUT2D eigenvalue weighted by Gasteiger charge is -2.31. The average molecular weight is 369 g/mol. The highest BCUT2D eigenvalue weighted by Gasteiger charge is 2.19. The summed E-state index contributed by atoms with van der Waals surface area (Å²) in [5, 5.41) is 11.9. The van der Waals surface area contributed by atoms with E-state index in [9.17, 15) is 8.78 Å². The molecular formula is C22H25F2N3. The topological polar surface area (TPSA) is 39.1 Å². The highest BCUT2D eigenvalue weighted by molar-refractivity contribution is 6.11. The Kier molecular flexibility index (Phi) is 5.71. The van der Waals surface area contributed by atoms with Crippen LogP contribution in [-0.4, -0.2) is 36.8 Å². The Morgan fingerprint density at radius 3 is 2.33 bits per heavy atom. The van der Waals surface area contributed by atoms with E-state index in [1.807, 2.05) is 19.1 Å². The van der Waals surface area contributed by atoms with E-state index >= 15 is 0 Å². The van der Waals surface area contributed by atoms with Gasteiger partial charge < -0.3 is 10.2 Å². The molecule has 0 radical (unpaired) electrons. The number of allylic oxidation sites excluding steroid dienone is 1. The van der Waals surface area contributed by atoms with E-state index in [1.54, 1.807) is 6.07 Å². The Morgan fingerprint density at radius 2 is 1.70 bits per heavy atom. The van der Waals surface area contributed by atoms with Crippen molar-refractivity contribution < 1.29 is 8.78 Å². The van der Waals surface area contributed by atoms with Gasteiger partial charge in [-0.05, 0) is 74.8 Å². The van der Waals surface area contributed by atoms with Crippen molar-refractivity contribution in [3.8, 4) is 11.1 Å². The zero-order valence-corrected chi connectivity index (χ0v) is 15.8. The van der Waals surface area contributed by atoms with Crippen LogP contribution in [-0.2, 0) is 0 Å². The van der Waals surface area contributed by atoms with Gasteiger partial charge in [0.2, 0.25) is 0 Å². The highest BCUT2D eigenvalue weighted by Crippen LogP contribution is 2.25. The molecule has 3 nitrogen and oxygen atoms in total. The number of nitrogens with one attached hydrogen (secondary N) is 2. The second kappa shape index (κ2) is 8.01. The van der Waals surface area contributed by atoms with E-state index in [-0.39, 0.29) is 0 Å². The lowest BCUT2D eigenvalue weighted by molar-refractivity contribution is 0.243. The first kappa shape index (κ1) is 19.2. The second-order valence-electron chi connectivity index (χ2n) is 7.26. The SMILES string of the molecule is C=C(NC1CCN(C)CC1)C(=N)c1cc(-c2cc(F)cc(F)c2)ccc1C. The van der Waals surface area contributed by atoms with Gasteiger partial charge in [-0.25, -0.2) is 8.78 Å². The van der Waals surface area contributed by atoms with Gasteiger partial charge in [0.1, 0.15) is 11.6 Å². The number of rotatable bonds is 5. The Bertz CT molecular complexity index is 848. The van der Waals surface area contributed by atoms with Crippen LogP contribution in [0, 0.1) is 24.0 Å². The first-order valence-corrected chi connectivity index (χ1v) is 9.14. The molecule has 2 aromatic carbocycles. The maximum absolute atomic E-state index is 13.6. The Morgan fingerprint density at radius 1 is 1.07 bits per heavy atom. The third-order valence-electron chi connectivity index (χ3n) is 5.10. The standard InChI is InChI=1S/C22H25F2N3/c1-14-4-5-16(17-10-18(23)13-19(24)11-17)12-21(14)22(25)15(2)26-20-6-8-27(3)9-7-20/h4-5,10-13,20,25-26H,2,6-9H2,1,3H3. The van der Waals surface area contributed by atoms with Crippen molar-refractivity contribution in [2.45, 2.75) is 25.8 Å². The van der Waals surface area contributed by atoms with Gasteiger partial charge in [0.25, 0.3) is 0 Å². The summed E-state index contributed by atoms with van der Waals surface area (Å²) in [5.41, 5.74) is 3.65. The lowest BCUT2D eigenvalue weighted by Crippen LogP contribution is -2.41. The van der Waals surface area contributed by atoms with Gasteiger partial charge in [0, 0.05) is 17.7 Å². The summed E-state index contributed by atoms with van der Waals surface area (Å²) in [6.45, 7) is 8.02. The fourth-order valence-electron chi connectivity index (χ4n) is 3.43. The number of hydrogen-bond donors (Lipinski definition) is 2. The molecule has 0 atom stereocenters. The van der Waals surface area contributed by atoms with Crippen molar-refractivity contribution >= 4 is 5.71 Å². The summed E-state index contributed by atoms with van der Waals surface area (Å²) < 4.78 is 27.1. The summed E-state index contributed by atoms with van der Waals surface area (Å²) >= 11 is 0. The molecular weight excluding hydrogens is 344 g/mol. The maximum atomic E-state index is 13.6. The molecule has 0 unspecified atom stereocenters. The van der Waals surface area contributed by atoms with Gasteiger partial charge >= 0.3 is 0 Å². The van der Waals surface area contributed by atoms with E-state index in [1.165, 1.54) is 12.1 Å². The van der Waals surface area contributed by atoms with Gasteiger partial charge in [-0.3, -0.25) is 5.41 Å². The van der Waals surface area contributed by atoms with Crippen LogP contribution in [0.15, 0.2) is 48.7 Å². The fraction of sp³-hybridized carbons (Fsp3) is 0.318. The van der Waals surface area contributed by atoms with Crippen LogP contribution in [0.3, 0.4) is 0 Å². The molecule has 0 saturated carbocycles. The van der Waals surface area contributed by atoms with Gasteiger partial charge in [0.15, 0.2) is 0 Å². The van der Waals surface area contributed by atoms with Crippen LogP contribution < -0.4 is 5.32 Å². The van der Waals surface area contributed by atoms with Crippen molar-refractivity contribution in [2.24, 2.45) is 0 Å². The fourth-order valence-corrected chi connectivity index (χ4v) is 3.43. The Labute approximate surface area is 159 Å². The molecule has 1 aliphatic heterocycles. The van der Waals surface area contributed by atoms with E-state index < -0.39 is 11.6 Å². The second-order valence-corrected chi connectivity index (χ2v) is 7.26. The summed E-state index contributed by atoms with van der Waals surface area (Å²) in [6, 6.07) is 9.24. The van der Waals surface area contributed by atoms with Gasteiger partial charge in [-0.2, -0.15) is 0 Å². The van der Waals surface area contributed by atoms with E-state index in [0.717, 1.165) is 37.6 Å². The molecule has 1 aliphatic rings. The minimum atomic E-state index is -0.615. The van der Waals surface area contributed by atoms with Crippen LogP contribution in [0.2, 0.25) is 0 Å². The summed E-state index contributed by atoms with van der Waals surface area (Å²) in [7, 11) is 2.11. The molecule has 2 N–H and O–H groups in total. The molecule has 1 fully saturated rings. The molecule has 0 aliphatic carbocycles. The van der Waals surface area contributed by atoms with Crippen molar-refractivity contribution in [1.29, 1.82) is 5.41 Å². The number of halogens is 2. The Balaban J connectivity index is 1.81. The number of hydrogen-bond acceptors (Lipinski definition) is 3. The molecule has 27 heavy (non-hydrogen) atoms. The normalized spacial score (nSPS) is 15.6.